The predicted octanol–water partition coefficient (Wildman–Crippen LogP) is 3.51. The van der Waals surface area contributed by atoms with Crippen LogP contribution in [0, 0.1) is 15.5 Å². The van der Waals surface area contributed by atoms with Crippen molar-refractivity contribution in [3.05, 3.63) is 38.9 Å². The van der Waals surface area contributed by atoms with Gasteiger partial charge in [-0.25, -0.2) is 0 Å². The smallest absolute Gasteiger partial charge is 0.300 e. The zero-order valence-electron chi connectivity index (χ0n) is 11.6. The molecule has 0 aliphatic carbocycles. The molecule has 20 heavy (non-hydrogen) atoms. The van der Waals surface area contributed by atoms with Gasteiger partial charge in [0.05, 0.1) is 4.92 Å². The Labute approximate surface area is 122 Å². The molecular weight excluding hydrogens is 280 g/mol. The maximum absolute atomic E-state index is 12.5. The molecule has 0 spiro atoms. The monoisotopic (exact) mass is 296 g/mol. The maximum Gasteiger partial charge on any atom is 0.300 e. The average Bonchev–Trinajstić information content (AvgIpc) is 2.37. The summed E-state index contributed by atoms with van der Waals surface area (Å²) in [5.41, 5.74) is -0.0111. The summed E-state index contributed by atoms with van der Waals surface area (Å²) in [5.74, 6) is -0.310. The molecule has 1 heterocycles. The number of benzene rings is 1. The number of amides is 1. The molecule has 0 saturated carbocycles. The Morgan fingerprint density at radius 3 is 2.50 bits per heavy atom. The van der Waals surface area contributed by atoms with Crippen molar-refractivity contribution >= 4 is 23.2 Å². The van der Waals surface area contributed by atoms with E-state index in [1.165, 1.54) is 12.1 Å². The molecule has 1 aromatic carbocycles. The molecule has 1 amide bonds. The second-order valence-electron chi connectivity index (χ2n) is 5.85. The molecule has 2 rings (SSSR count). The van der Waals surface area contributed by atoms with Gasteiger partial charge in [-0.1, -0.05) is 31.5 Å². The highest BCUT2D eigenvalue weighted by atomic mass is 35.5. The van der Waals surface area contributed by atoms with Crippen molar-refractivity contribution in [2.45, 2.75) is 26.7 Å². The van der Waals surface area contributed by atoms with Crippen LogP contribution in [0.2, 0.25) is 5.02 Å². The Kier molecular flexibility index (Phi) is 3.99. The average molecular weight is 297 g/mol. The van der Waals surface area contributed by atoms with E-state index in [2.05, 4.69) is 13.8 Å². The van der Waals surface area contributed by atoms with E-state index in [4.69, 9.17) is 11.6 Å². The molecule has 1 aliphatic heterocycles. The van der Waals surface area contributed by atoms with Gasteiger partial charge in [-0.05, 0) is 30.4 Å². The van der Waals surface area contributed by atoms with Crippen LogP contribution in [-0.2, 0) is 0 Å². The molecule has 1 saturated heterocycles. The fourth-order valence-electron chi connectivity index (χ4n) is 2.36. The maximum atomic E-state index is 12.5. The first-order valence-electron chi connectivity index (χ1n) is 6.54. The normalized spacial score (nSPS) is 17.9. The topological polar surface area (TPSA) is 63.5 Å². The van der Waals surface area contributed by atoms with Gasteiger partial charge < -0.3 is 4.90 Å². The second-order valence-corrected chi connectivity index (χ2v) is 6.26. The number of hydrogen-bond donors (Lipinski definition) is 0. The fourth-order valence-corrected chi connectivity index (χ4v) is 2.60. The Balaban J connectivity index is 2.27. The van der Waals surface area contributed by atoms with Crippen molar-refractivity contribution < 1.29 is 9.72 Å². The van der Waals surface area contributed by atoms with E-state index in [9.17, 15) is 14.9 Å². The minimum Gasteiger partial charge on any atom is -0.338 e. The van der Waals surface area contributed by atoms with Gasteiger partial charge in [0.1, 0.15) is 10.6 Å². The van der Waals surface area contributed by atoms with Crippen molar-refractivity contribution in [2.75, 3.05) is 13.1 Å². The zero-order chi connectivity index (χ0) is 14.9. The zero-order valence-corrected chi connectivity index (χ0v) is 12.3. The van der Waals surface area contributed by atoms with Crippen LogP contribution in [0.3, 0.4) is 0 Å². The summed E-state index contributed by atoms with van der Waals surface area (Å²) >= 11 is 5.84. The van der Waals surface area contributed by atoms with E-state index in [1.54, 1.807) is 11.0 Å². The molecule has 1 aromatic rings. The number of piperidine rings is 1. The van der Waals surface area contributed by atoms with Gasteiger partial charge in [0.15, 0.2) is 0 Å². The van der Waals surface area contributed by atoms with Crippen LogP contribution in [0.15, 0.2) is 18.2 Å². The molecule has 1 fully saturated rings. The summed E-state index contributed by atoms with van der Waals surface area (Å²) in [6.07, 6.45) is 1.79. The Morgan fingerprint density at radius 1 is 1.35 bits per heavy atom. The minimum atomic E-state index is -0.594. The van der Waals surface area contributed by atoms with Gasteiger partial charge in [-0.15, -0.1) is 0 Å². The Bertz CT molecular complexity index is 547. The Hall–Kier alpha value is -1.62. The molecule has 0 bridgehead atoms. The number of nitrogens with zero attached hydrogens (tertiary/aromatic N) is 2. The van der Waals surface area contributed by atoms with Crippen LogP contribution >= 0.6 is 11.6 Å². The lowest BCUT2D eigenvalue weighted by molar-refractivity contribution is -0.385. The highest BCUT2D eigenvalue weighted by Crippen LogP contribution is 2.33. The molecule has 108 valence electrons. The van der Waals surface area contributed by atoms with Gasteiger partial charge >= 0.3 is 5.69 Å². The Morgan fingerprint density at radius 2 is 1.95 bits per heavy atom. The number of carbonyl (C=O) groups excluding carboxylic acids is 1. The molecule has 5 nitrogen and oxygen atoms in total. The predicted molar refractivity (Wildman–Crippen MR) is 77.0 cm³/mol. The molecular formula is C14H17ClN2O3. The lowest BCUT2D eigenvalue weighted by atomic mass is 9.82. The summed E-state index contributed by atoms with van der Waals surface area (Å²) in [6, 6.07) is 4.46. The van der Waals surface area contributed by atoms with E-state index in [0.717, 1.165) is 12.8 Å². The first-order chi connectivity index (χ1) is 9.32. The number of rotatable bonds is 2. The van der Waals surface area contributed by atoms with Crippen LogP contribution in [0.5, 0.6) is 0 Å². The number of hydrogen-bond acceptors (Lipinski definition) is 3. The molecule has 1 aliphatic rings. The summed E-state index contributed by atoms with van der Waals surface area (Å²) in [5, 5.41) is 11.1. The summed E-state index contributed by atoms with van der Waals surface area (Å²) in [6.45, 7) is 5.57. The molecule has 6 heteroatoms. The van der Waals surface area contributed by atoms with Crippen molar-refractivity contribution in [1.82, 2.24) is 4.90 Å². The lowest BCUT2D eigenvalue weighted by Gasteiger charge is -2.36. The van der Waals surface area contributed by atoms with Crippen molar-refractivity contribution in [3.8, 4) is 0 Å². The number of nitro groups is 1. The summed E-state index contributed by atoms with van der Waals surface area (Å²) < 4.78 is 0. The van der Waals surface area contributed by atoms with Gasteiger partial charge in [0.2, 0.25) is 0 Å². The van der Waals surface area contributed by atoms with Crippen LogP contribution in [0.1, 0.15) is 37.0 Å². The van der Waals surface area contributed by atoms with Crippen molar-refractivity contribution in [3.63, 3.8) is 0 Å². The number of para-hydroxylation sites is 1. The van der Waals surface area contributed by atoms with Crippen molar-refractivity contribution in [2.24, 2.45) is 5.41 Å². The van der Waals surface area contributed by atoms with Crippen LogP contribution in [0.4, 0.5) is 5.69 Å². The van der Waals surface area contributed by atoms with Crippen LogP contribution in [-0.4, -0.2) is 28.8 Å². The quantitative estimate of drug-likeness (QED) is 0.619. The highest BCUT2D eigenvalue weighted by Gasteiger charge is 2.32. The number of likely N-dealkylation sites (tertiary alicyclic amines) is 1. The van der Waals surface area contributed by atoms with Crippen LogP contribution < -0.4 is 0 Å². The molecule has 0 unspecified atom stereocenters. The third-order valence-electron chi connectivity index (χ3n) is 3.80. The third-order valence-corrected chi connectivity index (χ3v) is 4.11. The van der Waals surface area contributed by atoms with Gasteiger partial charge in [-0.2, -0.15) is 0 Å². The van der Waals surface area contributed by atoms with E-state index < -0.39 is 4.92 Å². The standard InChI is InChI=1S/C14H17ClN2O3/c1-14(2)6-8-16(9-7-14)13(18)10-4-3-5-11(15)12(10)17(19)20/h3-5H,6-9H2,1-2H3. The van der Waals surface area contributed by atoms with Gasteiger partial charge in [0.25, 0.3) is 5.91 Å². The number of halogens is 1. The fraction of sp³-hybridized carbons (Fsp3) is 0.500. The largest absolute Gasteiger partial charge is 0.338 e. The number of nitro benzene ring substituents is 1. The van der Waals surface area contributed by atoms with E-state index in [-0.39, 0.29) is 27.6 Å². The molecule has 0 N–H and O–H groups in total. The van der Waals surface area contributed by atoms with E-state index >= 15 is 0 Å². The molecule has 0 radical (unpaired) electrons. The lowest BCUT2D eigenvalue weighted by Crippen LogP contribution is -2.41. The molecule has 0 atom stereocenters. The highest BCUT2D eigenvalue weighted by molar-refractivity contribution is 6.33. The first kappa shape index (κ1) is 14.8. The third kappa shape index (κ3) is 2.93. The van der Waals surface area contributed by atoms with Crippen molar-refractivity contribution in [1.29, 1.82) is 0 Å². The summed E-state index contributed by atoms with van der Waals surface area (Å²) in [4.78, 5) is 24.6. The minimum absolute atomic E-state index is 0.00168. The SMILES string of the molecule is CC1(C)CCN(C(=O)c2cccc(Cl)c2[N+](=O)[O-])CC1. The summed E-state index contributed by atoms with van der Waals surface area (Å²) in [7, 11) is 0. The van der Waals surface area contributed by atoms with Crippen LogP contribution in [0.25, 0.3) is 0 Å². The molecule has 0 aromatic heterocycles. The van der Waals surface area contributed by atoms with E-state index in [0.29, 0.717) is 13.1 Å². The first-order valence-corrected chi connectivity index (χ1v) is 6.92. The van der Waals surface area contributed by atoms with Gasteiger partial charge in [0, 0.05) is 13.1 Å². The van der Waals surface area contributed by atoms with Gasteiger partial charge in [-0.3, -0.25) is 14.9 Å². The van der Waals surface area contributed by atoms with E-state index in [1.807, 2.05) is 0 Å². The number of carbonyl (C=O) groups is 1. The second kappa shape index (κ2) is 5.40.